The normalized spacial score (nSPS) is 12.4. The number of methoxy groups -OCH3 is 1. The molecule has 2 aromatic carbocycles. The van der Waals surface area contributed by atoms with Crippen molar-refractivity contribution in [3.05, 3.63) is 54.1 Å². The van der Waals surface area contributed by atoms with E-state index in [0.29, 0.717) is 22.7 Å². The Labute approximate surface area is 158 Å². The Balaban J connectivity index is 1.87. The molecule has 0 aromatic heterocycles. The van der Waals surface area contributed by atoms with Crippen molar-refractivity contribution in [3.8, 4) is 11.8 Å². The van der Waals surface area contributed by atoms with Crippen molar-refractivity contribution in [2.24, 2.45) is 0 Å². The number of benzene rings is 2. The lowest BCUT2D eigenvalue weighted by Crippen LogP contribution is -3.14. The van der Waals surface area contributed by atoms with Gasteiger partial charge in [0.25, 0.3) is 11.8 Å². The summed E-state index contributed by atoms with van der Waals surface area (Å²) in [5, 5.41) is 14.4. The first-order valence-corrected chi connectivity index (χ1v) is 8.50. The van der Waals surface area contributed by atoms with Gasteiger partial charge in [-0.3, -0.25) is 9.59 Å². The number of rotatable bonds is 7. The van der Waals surface area contributed by atoms with Crippen molar-refractivity contribution in [2.75, 3.05) is 31.3 Å². The van der Waals surface area contributed by atoms with Crippen molar-refractivity contribution in [1.29, 1.82) is 5.26 Å². The van der Waals surface area contributed by atoms with Crippen LogP contribution in [0, 0.1) is 11.3 Å². The molecule has 2 rings (SSSR count). The van der Waals surface area contributed by atoms with Crippen LogP contribution in [0.25, 0.3) is 0 Å². The van der Waals surface area contributed by atoms with E-state index >= 15 is 0 Å². The number of nitrogens with one attached hydrogen (secondary N) is 3. The van der Waals surface area contributed by atoms with E-state index in [-0.39, 0.29) is 18.4 Å². The average molecular weight is 367 g/mol. The molecule has 0 saturated carbocycles. The molecule has 7 heteroatoms. The van der Waals surface area contributed by atoms with Gasteiger partial charge in [-0.15, -0.1) is 0 Å². The average Bonchev–Trinajstić information content (AvgIpc) is 2.68. The van der Waals surface area contributed by atoms with Gasteiger partial charge in [0.15, 0.2) is 12.6 Å². The number of nitrogens with zero attached hydrogens (tertiary/aromatic N) is 1. The molecule has 2 aromatic rings. The first kappa shape index (κ1) is 19.9. The first-order valence-electron chi connectivity index (χ1n) is 8.50. The molecule has 1 unspecified atom stereocenters. The predicted molar refractivity (Wildman–Crippen MR) is 103 cm³/mol. The molecule has 0 saturated heterocycles. The lowest BCUT2D eigenvalue weighted by molar-refractivity contribution is -0.885. The number of carbonyl (C=O) groups excluding carboxylic acids is 2. The van der Waals surface area contributed by atoms with Crippen molar-refractivity contribution >= 4 is 23.2 Å². The Morgan fingerprint density at radius 1 is 1.07 bits per heavy atom. The standard InChI is InChI=1S/C20H22N4O3/c1-14(20(26)23-17-6-4-15(12-21)5-7-17)24(2)13-19(25)22-16-8-10-18(27-3)11-9-16/h4-11,14H,13H2,1-3H3,(H,22,25)(H,23,26)/p+1/t14-/m0/s1. The van der Waals surface area contributed by atoms with Gasteiger partial charge in [0.05, 0.1) is 25.8 Å². The minimum absolute atomic E-state index is 0.147. The molecule has 0 aliphatic carbocycles. The van der Waals surface area contributed by atoms with Gasteiger partial charge in [0, 0.05) is 11.4 Å². The fraction of sp³-hybridized carbons (Fsp3) is 0.250. The number of nitriles is 1. The van der Waals surface area contributed by atoms with Gasteiger partial charge in [0.1, 0.15) is 5.75 Å². The van der Waals surface area contributed by atoms with Crippen LogP contribution in [0.4, 0.5) is 11.4 Å². The minimum atomic E-state index is -0.428. The summed E-state index contributed by atoms with van der Waals surface area (Å²) in [6.07, 6.45) is 0. The van der Waals surface area contributed by atoms with Crippen molar-refractivity contribution in [2.45, 2.75) is 13.0 Å². The van der Waals surface area contributed by atoms with Crippen molar-refractivity contribution < 1.29 is 19.2 Å². The topological polar surface area (TPSA) is 95.7 Å². The smallest absolute Gasteiger partial charge is 0.282 e. The highest BCUT2D eigenvalue weighted by molar-refractivity contribution is 5.94. The third-order valence-electron chi connectivity index (χ3n) is 4.23. The third kappa shape index (κ3) is 5.83. The molecule has 0 aliphatic heterocycles. The molecule has 0 aliphatic rings. The van der Waals surface area contributed by atoms with Crippen LogP contribution in [-0.4, -0.2) is 38.6 Å². The van der Waals surface area contributed by atoms with Gasteiger partial charge < -0.3 is 20.3 Å². The summed E-state index contributed by atoms with van der Waals surface area (Å²) >= 11 is 0. The zero-order chi connectivity index (χ0) is 19.8. The quantitative estimate of drug-likeness (QED) is 0.682. The molecule has 0 bridgehead atoms. The van der Waals surface area contributed by atoms with Crippen molar-refractivity contribution in [3.63, 3.8) is 0 Å². The summed E-state index contributed by atoms with van der Waals surface area (Å²) in [6.45, 7) is 1.91. The molecule has 0 fully saturated rings. The van der Waals surface area contributed by atoms with Crippen LogP contribution >= 0.6 is 0 Å². The molecule has 0 radical (unpaired) electrons. The molecular weight excluding hydrogens is 344 g/mol. The molecule has 7 nitrogen and oxygen atoms in total. The SMILES string of the molecule is COc1ccc(NC(=O)C[NH+](C)[C@@H](C)C(=O)Nc2ccc(C#N)cc2)cc1. The molecular formula is C20H23N4O3+. The number of amides is 2. The summed E-state index contributed by atoms with van der Waals surface area (Å²) in [5.74, 6) is 0.328. The zero-order valence-electron chi connectivity index (χ0n) is 15.6. The van der Waals surface area contributed by atoms with E-state index in [2.05, 4.69) is 10.6 Å². The van der Waals surface area contributed by atoms with Crippen LogP contribution in [0.15, 0.2) is 48.5 Å². The van der Waals surface area contributed by atoms with E-state index in [0.717, 1.165) is 4.90 Å². The summed E-state index contributed by atoms with van der Waals surface area (Å²) in [5.41, 5.74) is 1.81. The van der Waals surface area contributed by atoms with E-state index in [4.69, 9.17) is 10.00 Å². The maximum Gasteiger partial charge on any atom is 0.282 e. The highest BCUT2D eigenvalue weighted by Gasteiger charge is 2.24. The second-order valence-electron chi connectivity index (χ2n) is 6.20. The zero-order valence-corrected chi connectivity index (χ0v) is 15.6. The predicted octanol–water partition coefficient (Wildman–Crippen LogP) is 1.05. The number of carbonyl (C=O) groups is 2. The number of ether oxygens (including phenoxy) is 1. The van der Waals surface area contributed by atoms with Crippen LogP contribution in [0.1, 0.15) is 12.5 Å². The largest absolute Gasteiger partial charge is 0.497 e. The van der Waals surface area contributed by atoms with E-state index in [1.165, 1.54) is 0 Å². The van der Waals surface area contributed by atoms with Gasteiger partial charge in [-0.1, -0.05) is 0 Å². The lowest BCUT2D eigenvalue weighted by Gasteiger charge is -2.20. The highest BCUT2D eigenvalue weighted by Crippen LogP contribution is 2.14. The summed E-state index contributed by atoms with van der Waals surface area (Å²) in [6, 6.07) is 15.3. The monoisotopic (exact) mass is 367 g/mol. The molecule has 3 N–H and O–H groups in total. The number of hydrogen-bond acceptors (Lipinski definition) is 4. The lowest BCUT2D eigenvalue weighted by atomic mass is 10.2. The van der Waals surface area contributed by atoms with Crippen LogP contribution in [0.2, 0.25) is 0 Å². The van der Waals surface area contributed by atoms with E-state index in [9.17, 15) is 9.59 Å². The molecule has 27 heavy (non-hydrogen) atoms. The van der Waals surface area contributed by atoms with Crippen LogP contribution < -0.4 is 20.3 Å². The van der Waals surface area contributed by atoms with Crippen LogP contribution in [-0.2, 0) is 9.59 Å². The molecule has 2 amide bonds. The number of hydrogen-bond donors (Lipinski definition) is 3. The Bertz CT molecular complexity index is 826. The van der Waals surface area contributed by atoms with Gasteiger partial charge in [-0.2, -0.15) is 5.26 Å². The fourth-order valence-corrected chi connectivity index (χ4v) is 2.39. The Morgan fingerprint density at radius 2 is 1.63 bits per heavy atom. The molecule has 0 heterocycles. The maximum absolute atomic E-state index is 12.4. The molecule has 0 spiro atoms. The summed E-state index contributed by atoms with van der Waals surface area (Å²) in [7, 11) is 3.37. The molecule has 2 atom stereocenters. The second kappa shape index (κ2) is 9.36. The number of likely N-dealkylation sites (N-methyl/N-ethyl adjacent to an activating group) is 1. The first-order chi connectivity index (χ1) is 12.9. The van der Waals surface area contributed by atoms with E-state index in [1.54, 1.807) is 69.6 Å². The van der Waals surface area contributed by atoms with Gasteiger partial charge in [-0.05, 0) is 55.5 Å². The van der Waals surface area contributed by atoms with Gasteiger partial charge in [0.2, 0.25) is 0 Å². The van der Waals surface area contributed by atoms with E-state index in [1.807, 2.05) is 6.07 Å². The van der Waals surface area contributed by atoms with Crippen LogP contribution in [0.5, 0.6) is 5.75 Å². The minimum Gasteiger partial charge on any atom is -0.497 e. The Kier molecular flexibility index (Phi) is 6.92. The fourth-order valence-electron chi connectivity index (χ4n) is 2.39. The van der Waals surface area contributed by atoms with E-state index < -0.39 is 6.04 Å². The third-order valence-corrected chi connectivity index (χ3v) is 4.23. The Hall–Kier alpha value is -3.37. The van der Waals surface area contributed by atoms with Crippen molar-refractivity contribution in [1.82, 2.24) is 0 Å². The maximum atomic E-state index is 12.4. The summed E-state index contributed by atoms with van der Waals surface area (Å²) in [4.78, 5) is 25.3. The number of anilines is 2. The van der Waals surface area contributed by atoms with Gasteiger partial charge >= 0.3 is 0 Å². The highest BCUT2D eigenvalue weighted by atomic mass is 16.5. The van der Waals surface area contributed by atoms with Gasteiger partial charge in [-0.25, -0.2) is 0 Å². The second-order valence-corrected chi connectivity index (χ2v) is 6.20. The van der Waals surface area contributed by atoms with Crippen LogP contribution in [0.3, 0.4) is 0 Å². The Morgan fingerprint density at radius 3 is 2.19 bits per heavy atom. The number of quaternary nitrogens is 1. The molecule has 140 valence electrons. The summed E-state index contributed by atoms with van der Waals surface area (Å²) < 4.78 is 5.08.